The van der Waals surface area contributed by atoms with Crippen LogP contribution in [-0.2, 0) is 5.33 Å². The van der Waals surface area contributed by atoms with E-state index < -0.39 is 0 Å². The van der Waals surface area contributed by atoms with E-state index in [4.69, 9.17) is 11.6 Å². The Kier molecular flexibility index (Phi) is 5.26. The summed E-state index contributed by atoms with van der Waals surface area (Å²) in [4.78, 5) is 14.2. The zero-order valence-corrected chi connectivity index (χ0v) is 14.2. The Hall–Kier alpha value is -1.52. The van der Waals surface area contributed by atoms with Crippen LogP contribution in [0.4, 0.5) is 11.4 Å². The lowest BCUT2D eigenvalue weighted by molar-refractivity contribution is 0.102. The highest BCUT2D eigenvalue weighted by Crippen LogP contribution is 2.28. The number of halogens is 2. The molecule has 0 aliphatic carbocycles. The van der Waals surface area contributed by atoms with Crippen molar-refractivity contribution in [1.82, 2.24) is 0 Å². The number of anilines is 2. The number of rotatable bonds is 4. The Bertz CT molecular complexity index is 641. The van der Waals surface area contributed by atoms with Gasteiger partial charge in [-0.15, -0.1) is 0 Å². The molecule has 0 atom stereocenters. The van der Waals surface area contributed by atoms with Gasteiger partial charge in [-0.05, 0) is 35.9 Å². The summed E-state index contributed by atoms with van der Waals surface area (Å²) in [5, 5.41) is 4.27. The number of nitrogens with one attached hydrogen (secondary N) is 1. The molecule has 21 heavy (non-hydrogen) atoms. The van der Waals surface area contributed by atoms with Gasteiger partial charge in [0.15, 0.2) is 0 Å². The molecule has 0 aliphatic rings. The smallest absolute Gasteiger partial charge is 0.255 e. The normalized spacial score (nSPS) is 10.3. The molecule has 2 aromatic carbocycles. The summed E-state index contributed by atoms with van der Waals surface area (Å²) >= 11 is 9.40. The van der Waals surface area contributed by atoms with Crippen molar-refractivity contribution >= 4 is 44.8 Å². The van der Waals surface area contributed by atoms with Crippen molar-refractivity contribution in [2.75, 3.05) is 24.3 Å². The first-order chi connectivity index (χ1) is 10.0. The molecule has 0 fully saturated rings. The number of carbonyl (C=O) groups excluding carboxylic acids is 1. The Balaban J connectivity index is 2.24. The van der Waals surface area contributed by atoms with Crippen molar-refractivity contribution in [1.29, 1.82) is 0 Å². The summed E-state index contributed by atoms with van der Waals surface area (Å²) in [5.41, 5.74) is 3.35. The van der Waals surface area contributed by atoms with Crippen LogP contribution in [0.15, 0.2) is 42.5 Å². The molecule has 2 rings (SSSR count). The molecular weight excluding hydrogens is 352 g/mol. The van der Waals surface area contributed by atoms with Crippen LogP contribution in [0, 0.1) is 0 Å². The summed E-state index contributed by atoms with van der Waals surface area (Å²) in [6, 6.07) is 12.9. The number of carbonyl (C=O) groups is 1. The third-order valence-corrected chi connectivity index (χ3v) is 3.94. The molecule has 0 aliphatic heterocycles. The maximum Gasteiger partial charge on any atom is 0.255 e. The summed E-state index contributed by atoms with van der Waals surface area (Å²) < 4.78 is 0. The predicted octanol–water partition coefficient (Wildman–Crippen LogP) is 4.55. The Morgan fingerprint density at radius 1 is 1.19 bits per heavy atom. The molecule has 1 amide bonds. The van der Waals surface area contributed by atoms with Crippen molar-refractivity contribution in [3.8, 4) is 0 Å². The van der Waals surface area contributed by atoms with Crippen LogP contribution >= 0.6 is 27.5 Å². The van der Waals surface area contributed by atoms with Gasteiger partial charge in [0.25, 0.3) is 5.91 Å². The van der Waals surface area contributed by atoms with Gasteiger partial charge in [0, 0.05) is 30.0 Å². The van der Waals surface area contributed by atoms with Crippen molar-refractivity contribution in [2.24, 2.45) is 0 Å². The fourth-order valence-corrected chi connectivity index (χ4v) is 2.48. The average molecular weight is 368 g/mol. The number of hydrogen-bond donors (Lipinski definition) is 1. The minimum atomic E-state index is -0.151. The number of nitrogens with zero attached hydrogens (tertiary/aromatic N) is 1. The lowest BCUT2D eigenvalue weighted by atomic mass is 10.1. The Labute approximate surface area is 138 Å². The van der Waals surface area contributed by atoms with Crippen LogP contribution in [0.1, 0.15) is 15.9 Å². The van der Waals surface area contributed by atoms with E-state index in [9.17, 15) is 4.79 Å². The quantitative estimate of drug-likeness (QED) is 0.804. The minimum Gasteiger partial charge on any atom is -0.376 e. The molecule has 0 aromatic heterocycles. The van der Waals surface area contributed by atoms with E-state index in [1.54, 1.807) is 12.1 Å². The van der Waals surface area contributed by atoms with Crippen molar-refractivity contribution in [3.05, 3.63) is 58.6 Å². The molecule has 5 heteroatoms. The van der Waals surface area contributed by atoms with Gasteiger partial charge in [-0.1, -0.05) is 39.7 Å². The highest BCUT2D eigenvalue weighted by molar-refractivity contribution is 9.08. The van der Waals surface area contributed by atoms with Gasteiger partial charge in [-0.2, -0.15) is 0 Å². The molecule has 0 heterocycles. The van der Waals surface area contributed by atoms with Gasteiger partial charge >= 0.3 is 0 Å². The molecule has 110 valence electrons. The van der Waals surface area contributed by atoms with Crippen LogP contribution in [0.2, 0.25) is 5.02 Å². The summed E-state index contributed by atoms with van der Waals surface area (Å²) in [7, 11) is 3.84. The van der Waals surface area contributed by atoms with Gasteiger partial charge in [0.2, 0.25) is 0 Å². The third-order valence-electron chi connectivity index (χ3n) is 3.06. The second kappa shape index (κ2) is 6.96. The topological polar surface area (TPSA) is 32.3 Å². The van der Waals surface area contributed by atoms with Gasteiger partial charge in [0.05, 0.1) is 11.4 Å². The monoisotopic (exact) mass is 366 g/mol. The Morgan fingerprint density at radius 2 is 1.86 bits per heavy atom. The van der Waals surface area contributed by atoms with Crippen molar-refractivity contribution in [3.63, 3.8) is 0 Å². The first-order valence-corrected chi connectivity index (χ1v) is 7.94. The van der Waals surface area contributed by atoms with Gasteiger partial charge < -0.3 is 10.2 Å². The van der Waals surface area contributed by atoms with Crippen molar-refractivity contribution in [2.45, 2.75) is 5.33 Å². The van der Waals surface area contributed by atoms with Gasteiger partial charge in [-0.3, -0.25) is 4.79 Å². The highest BCUT2D eigenvalue weighted by atomic mass is 79.9. The molecule has 3 nitrogen and oxygen atoms in total. The van der Waals surface area contributed by atoms with E-state index >= 15 is 0 Å². The van der Waals surface area contributed by atoms with Crippen LogP contribution in [0.5, 0.6) is 0 Å². The van der Waals surface area contributed by atoms with Crippen LogP contribution < -0.4 is 10.2 Å². The largest absolute Gasteiger partial charge is 0.376 e. The van der Waals surface area contributed by atoms with E-state index in [0.717, 1.165) is 16.6 Å². The zero-order chi connectivity index (χ0) is 15.4. The van der Waals surface area contributed by atoms with Crippen LogP contribution in [0.3, 0.4) is 0 Å². The SMILES string of the molecule is CN(C)c1ccc(Cl)cc1NC(=O)c1ccc(CBr)cc1. The standard InChI is InChI=1S/C16H16BrClN2O/c1-20(2)15-8-7-13(18)9-14(15)19-16(21)12-5-3-11(10-17)4-6-12/h3-9H,10H2,1-2H3,(H,19,21). The molecule has 0 saturated heterocycles. The predicted molar refractivity (Wildman–Crippen MR) is 92.8 cm³/mol. The van der Waals surface area contributed by atoms with E-state index in [0.29, 0.717) is 16.3 Å². The summed E-state index contributed by atoms with van der Waals surface area (Å²) in [6.45, 7) is 0. The van der Waals surface area contributed by atoms with E-state index in [1.807, 2.05) is 49.3 Å². The molecule has 0 radical (unpaired) electrons. The zero-order valence-electron chi connectivity index (χ0n) is 11.9. The maximum atomic E-state index is 12.3. The Morgan fingerprint density at radius 3 is 2.43 bits per heavy atom. The minimum absolute atomic E-state index is 0.151. The molecule has 1 N–H and O–H groups in total. The highest BCUT2D eigenvalue weighted by Gasteiger charge is 2.11. The summed E-state index contributed by atoms with van der Waals surface area (Å²) in [6.07, 6.45) is 0. The summed E-state index contributed by atoms with van der Waals surface area (Å²) in [5.74, 6) is -0.151. The molecule has 0 unspecified atom stereocenters. The first-order valence-electron chi connectivity index (χ1n) is 6.44. The molecule has 0 saturated carbocycles. The number of amides is 1. The third kappa shape index (κ3) is 3.99. The van der Waals surface area contributed by atoms with E-state index in [1.165, 1.54) is 0 Å². The number of alkyl halides is 1. The lowest BCUT2D eigenvalue weighted by Crippen LogP contribution is -2.16. The van der Waals surface area contributed by atoms with E-state index in [2.05, 4.69) is 21.2 Å². The molecule has 0 bridgehead atoms. The fraction of sp³-hybridized carbons (Fsp3) is 0.188. The molecule has 0 spiro atoms. The number of benzene rings is 2. The van der Waals surface area contributed by atoms with Gasteiger partial charge in [0.1, 0.15) is 0 Å². The molecule has 2 aromatic rings. The van der Waals surface area contributed by atoms with Gasteiger partial charge in [-0.25, -0.2) is 0 Å². The maximum absolute atomic E-state index is 12.3. The second-order valence-electron chi connectivity index (χ2n) is 4.84. The van der Waals surface area contributed by atoms with Crippen LogP contribution in [0.25, 0.3) is 0 Å². The fourth-order valence-electron chi connectivity index (χ4n) is 1.94. The first kappa shape index (κ1) is 15.9. The number of hydrogen-bond acceptors (Lipinski definition) is 2. The van der Waals surface area contributed by atoms with Crippen LogP contribution in [-0.4, -0.2) is 20.0 Å². The van der Waals surface area contributed by atoms with Crippen molar-refractivity contribution < 1.29 is 4.79 Å². The van der Waals surface area contributed by atoms with E-state index in [-0.39, 0.29) is 5.91 Å². The second-order valence-corrected chi connectivity index (χ2v) is 5.84. The average Bonchev–Trinajstić information content (AvgIpc) is 2.47. The molecular formula is C16H16BrClN2O. The lowest BCUT2D eigenvalue weighted by Gasteiger charge is -2.18.